The van der Waals surface area contributed by atoms with E-state index >= 15 is 0 Å². The van der Waals surface area contributed by atoms with Crippen LogP contribution in [-0.2, 0) is 9.59 Å². The van der Waals surface area contributed by atoms with Gasteiger partial charge in [0.25, 0.3) is 0 Å². The molecule has 21 heavy (non-hydrogen) atoms. The fourth-order valence-corrected chi connectivity index (χ4v) is 2.70. The standard InChI is InChI=1S/C16H13ClN2O2/c1-10-5-6-18-14(7-10)19-15(20)9-13(16(19)21)11-3-2-4-12(17)8-11/h2-8,13H,9H2,1H3. The molecule has 0 spiro atoms. The van der Waals surface area contributed by atoms with Crippen LogP contribution in [0.5, 0.6) is 0 Å². The number of carbonyl (C=O) groups excluding carboxylic acids is 2. The van der Waals surface area contributed by atoms with Crippen LogP contribution in [0, 0.1) is 6.92 Å². The zero-order valence-electron chi connectivity index (χ0n) is 11.4. The maximum atomic E-state index is 12.6. The van der Waals surface area contributed by atoms with Gasteiger partial charge in [-0.05, 0) is 42.3 Å². The zero-order chi connectivity index (χ0) is 15.0. The normalized spacial score (nSPS) is 18.4. The van der Waals surface area contributed by atoms with Crippen LogP contribution in [0.3, 0.4) is 0 Å². The van der Waals surface area contributed by atoms with Gasteiger partial charge in [0.2, 0.25) is 11.8 Å². The number of pyridine rings is 1. The first-order valence-corrected chi connectivity index (χ1v) is 6.99. The Balaban J connectivity index is 1.96. The number of aromatic nitrogens is 1. The monoisotopic (exact) mass is 300 g/mol. The van der Waals surface area contributed by atoms with Crippen molar-refractivity contribution in [2.45, 2.75) is 19.3 Å². The second-order valence-corrected chi connectivity index (χ2v) is 5.51. The van der Waals surface area contributed by atoms with Gasteiger partial charge in [-0.1, -0.05) is 23.7 Å². The Labute approximate surface area is 127 Å². The minimum absolute atomic E-state index is 0.148. The third-order valence-corrected chi connectivity index (χ3v) is 3.76. The molecule has 1 atom stereocenters. The van der Waals surface area contributed by atoms with Gasteiger partial charge >= 0.3 is 0 Å². The van der Waals surface area contributed by atoms with Crippen molar-refractivity contribution in [1.29, 1.82) is 0 Å². The van der Waals surface area contributed by atoms with Gasteiger partial charge in [-0.15, -0.1) is 0 Å². The van der Waals surface area contributed by atoms with Gasteiger partial charge in [-0.2, -0.15) is 0 Å². The molecule has 1 aromatic carbocycles. The van der Waals surface area contributed by atoms with Crippen molar-refractivity contribution in [3.05, 3.63) is 58.7 Å². The number of rotatable bonds is 2. The van der Waals surface area contributed by atoms with Crippen LogP contribution in [0.25, 0.3) is 0 Å². The quantitative estimate of drug-likeness (QED) is 0.801. The molecule has 0 saturated carbocycles. The van der Waals surface area contributed by atoms with E-state index in [9.17, 15) is 9.59 Å². The molecule has 2 aromatic rings. The van der Waals surface area contributed by atoms with Gasteiger partial charge in [0, 0.05) is 17.6 Å². The maximum Gasteiger partial charge on any atom is 0.243 e. The van der Waals surface area contributed by atoms with E-state index in [-0.39, 0.29) is 18.2 Å². The molecular weight excluding hydrogens is 288 g/mol. The highest BCUT2D eigenvalue weighted by atomic mass is 35.5. The summed E-state index contributed by atoms with van der Waals surface area (Å²) in [6.07, 6.45) is 1.74. The Morgan fingerprint density at radius 3 is 2.76 bits per heavy atom. The number of benzene rings is 1. The Hall–Kier alpha value is -2.20. The smallest absolute Gasteiger partial charge is 0.243 e. The largest absolute Gasteiger partial charge is 0.274 e. The van der Waals surface area contributed by atoms with Crippen molar-refractivity contribution in [2.75, 3.05) is 4.90 Å². The van der Waals surface area contributed by atoms with Crippen molar-refractivity contribution in [2.24, 2.45) is 0 Å². The van der Waals surface area contributed by atoms with Crippen LogP contribution in [0.15, 0.2) is 42.6 Å². The predicted molar refractivity (Wildman–Crippen MR) is 80.3 cm³/mol. The fourth-order valence-electron chi connectivity index (χ4n) is 2.50. The molecule has 0 aliphatic carbocycles. The molecule has 2 heterocycles. The van der Waals surface area contributed by atoms with Crippen molar-refractivity contribution in [3.8, 4) is 0 Å². The molecule has 5 heteroatoms. The molecule has 1 aliphatic heterocycles. The van der Waals surface area contributed by atoms with E-state index in [2.05, 4.69) is 4.98 Å². The Kier molecular flexibility index (Phi) is 3.47. The highest BCUT2D eigenvalue weighted by Gasteiger charge is 2.41. The highest BCUT2D eigenvalue weighted by molar-refractivity contribution is 6.30. The molecule has 1 saturated heterocycles. The summed E-state index contributed by atoms with van der Waals surface area (Å²) < 4.78 is 0. The average molecular weight is 301 g/mol. The molecule has 106 valence electrons. The molecule has 1 fully saturated rings. The summed E-state index contributed by atoms with van der Waals surface area (Å²) in [4.78, 5) is 30.1. The van der Waals surface area contributed by atoms with Crippen molar-refractivity contribution in [1.82, 2.24) is 4.98 Å². The topological polar surface area (TPSA) is 50.3 Å². The second-order valence-electron chi connectivity index (χ2n) is 5.07. The van der Waals surface area contributed by atoms with Crippen LogP contribution < -0.4 is 4.90 Å². The van der Waals surface area contributed by atoms with E-state index < -0.39 is 5.92 Å². The number of hydrogen-bond donors (Lipinski definition) is 0. The van der Waals surface area contributed by atoms with E-state index in [1.165, 1.54) is 4.90 Å². The lowest BCUT2D eigenvalue weighted by Crippen LogP contribution is -2.30. The number of halogens is 1. The van der Waals surface area contributed by atoms with E-state index in [0.29, 0.717) is 10.8 Å². The Morgan fingerprint density at radius 2 is 2.05 bits per heavy atom. The van der Waals surface area contributed by atoms with Crippen LogP contribution in [0.4, 0.5) is 5.82 Å². The summed E-state index contributed by atoms with van der Waals surface area (Å²) in [7, 11) is 0. The number of hydrogen-bond acceptors (Lipinski definition) is 3. The van der Waals surface area contributed by atoms with E-state index in [1.807, 2.05) is 19.1 Å². The number of carbonyl (C=O) groups is 2. The van der Waals surface area contributed by atoms with Gasteiger partial charge in [-0.3, -0.25) is 9.59 Å². The van der Waals surface area contributed by atoms with Gasteiger partial charge in [0.05, 0.1) is 5.92 Å². The molecule has 0 bridgehead atoms. The van der Waals surface area contributed by atoms with E-state index in [4.69, 9.17) is 11.6 Å². The molecule has 3 rings (SSSR count). The Morgan fingerprint density at radius 1 is 1.24 bits per heavy atom. The van der Waals surface area contributed by atoms with Gasteiger partial charge in [0.1, 0.15) is 5.82 Å². The van der Waals surface area contributed by atoms with Gasteiger partial charge < -0.3 is 0 Å². The van der Waals surface area contributed by atoms with Crippen molar-refractivity contribution >= 4 is 29.2 Å². The molecule has 1 aliphatic rings. The predicted octanol–water partition coefficient (Wildman–Crippen LogP) is 3.09. The molecule has 2 amide bonds. The van der Waals surface area contributed by atoms with Gasteiger partial charge in [0.15, 0.2) is 0 Å². The van der Waals surface area contributed by atoms with Crippen LogP contribution in [0.1, 0.15) is 23.5 Å². The number of imide groups is 1. The van der Waals surface area contributed by atoms with Crippen molar-refractivity contribution in [3.63, 3.8) is 0 Å². The molecule has 0 radical (unpaired) electrons. The minimum Gasteiger partial charge on any atom is -0.274 e. The van der Waals surface area contributed by atoms with Crippen LogP contribution in [-0.4, -0.2) is 16.8 Å². The summed E-state index contributed by atoms with van der Waals surface area (Å²) in [5, 5.41) is 0.555. The average Bonchev–Trinajstić information content (AvgIpc) is 2.74. The zero-order valence-corrected chi connectivity index (χ0v) is 12.2. The van der Waals surface area contributed by atoms with Crippen LogP contribution in [0.2, 0.25) is 5.02 Å². The summed E-state index contributed by atoms with van der Waals surface area (Å²) in [5.74, 6) is -0.587. The number of aryl methyl sites for hydroxylation is 1. The SMILES string of the molecule is Cc1ccnc(N2C(=O)CC(c3cccc(Cl)c3)C2=O)c1. The highest BCUT2D eigenvalue weighted by Crippen LogP contribution is 2.33. The van der Waals surface area contributed by atoms with E-state index in [0.717, 1.165) is 11.1 Å². The number of nitrogens with zero attached hydrogens (tertiary/aromatic N) is 2. The first-order chi connectivity index (χ1) is 10.1. The fraction of sp³-hybridized carbons (Fsp3) is 0.188. The van der Waals surface area contributed by atoms with Crippen molar-refractivity contribution < 1.29 is 9.59 Å². The van der Waals surface area contributed by atoms with Crippen LogP contribution >= 0.6 is 11.6 Å². The lowest BCUT2D eigenvalue weighted by Gasteiger charge is -2.14. The lowest BCUT2D eigenvalue weighted by molar-refractivity contribution is -0.121. The lowest BCUT2D eigenvalue weighted by atomic mass is 9.98. The molecule has 1 aromatic heterocycles. The summed E-state index contributed by atoms with van der Waals surface area (Å²) >= 11 is 5.96. The Bertz CT molecular complexity index is 730. The summed E-state index contributed by atoms with van der Waals surface area (Å²) in [5.41, 5.74) is 1.71. The minimum atomic E-state index is -0.487. The van der Waals surface area contributed by atoms with Gasteiger partial charge in [-0.25, -0.2) is 9.88 Å². The molecular formula is C16H13ClN2O2. The van der Waals surface area contributed by atoms with E-state index in [1.54, 1.807) is 30.5 Å². The molecule has 4 nitrogen and oxygen atoms in total. The summed E-state index contributed by atoms with van der Waals surface area (Å²) in [6, 6.07) is 10.6. The first kappa shape index (κ1) is 13.8. The number of anilines is 1. The summed E-state index contributed by atoms with van der Waals surface area (Å²) in [6.45, 7) is 1.89. The third kappa shape index (κ3) is 2.54. The molecule has 1 unspecified atom stereocenters. The first-order valence-electron chi connectivity index (χ1n) is 6.61. The number of amides is 2. The molecule has 0 N–H and O–H groups in total. The second kappa shape index (κ2) is 5.30. The third-order valence-electron chi connectivity index (χ3n) is 3.53. The maximum absolute atomic E-state index is 12.6.